The Morgan fingerprint density at radius 2 is 1.95 bits per heavy atom. The summed E-state index contributed by atoms with van der Waals surface area (Å²) in [6.07, 6.45) is 0. The highest BCUT2D eigenvalue weighted by Crippen LogP contribution is 2.37. The summed E-state index contributed by atoms with van der Waals surface area (Å²) in [7, 11) is 1.50. The number of rotatable bonds is 5. The van der Waals surface area contributed by atoms with Crippen LogP contribution in [-0.2, 0) is 0 Å². The Morgan fingerprint density at radius 3 is 2.57 bits per heavy atom. The number of nitrogen functional groups attached to an aromatic ring is 1. The molecule has 0 atom stereocenters. The minimum absolute atomic E-state index is 0.165. The molecule has 0 spiro atoms. The smallest absolute Gasteiger partial charge is 0.316 e. The molecule has 0 aliphatic carbocycles. The number of halogens is 1. The van der Waals surface area contributed by atoms with Crippen LogP contribution in [0.5, 0.6) is 5.75 Å². The van der Waals surface area contributed by atoms with E-state index in [4.69, 9.17) is 22.2 Å². The van der Waals surface area contributed by atoms with Crippen molar-refractivity contribution in [2.75, 3.05) is 17.9 Å². The van der Waals surface area contributed by atoms with Crippen molar-refractivity contribution in [2.24, 2.45) is 5.84 Å². The highest BCUT2D eigenvalue weighted by molar-refractivity contribution is 6.31. The van der Waals surface area contributed by atoms with Gasteiger partial charge in [-0.2, -0.15) is 0 Å². The molecule has 4 N–H and O–H groups in total. The molecule has 0 aromatic heterocycles. The number of nitrogens with zero attached hydrogens (tertiary/aromatic N) is 1. The van der Waals surface area contributed by atoms with E-state index in [9.17, 15) is 10.1 Å². The van der Waals surface area contributed by atoms with Crippen LogP contribution in [0.3, 0.4) is 0 Å². The van der Waals surface area contributed by atoms with Crippen molar-refractivity contribution in [3.63, 3.8) is 0 Å². The molecule has 0 amide bonds. The second-order valence-corrected chi connectivity index (χ2v) is 4.51. The number of anilines is 3. The van der Waals surface area contributed by atoms with Gasteiger partial charge in [0.15, 0.2) is 0 Å². The summed E-state index contributed by atoms with van der Waals surface area (Å²) in [6.45, 7) is 0. The van der Waals surface area contributed by atoms with Gasteiger partial charge >= 0.3 is 5.69 Å². The molecule has 8 heteroatoms. The van der Waals surface area contributed by atoms with Crippen molar-refractivity contribution in [2.45, 2.75) is 0 Å². The maximum Gasteiger partial charge on any atom is 0.316 e. The molecule has 0 unspecified atom stereocenters. The molecular weight excluding hydrogens is 296 g/mol. The third kappa shape index (κ3) is 3.15. The van der Waals surface area contributed by atoms with Gasteiger partial charge in [-0.1, -0.05) is 17.7 Å². The van der Waals surface area contributed by atoms with Crippen LogP contribution < -0.4 is 21.3 Å². The van der Waals surface area contributed by atoms with E-state index in [1.165, 1.54) is 13.2 Å². The molecule has 0 saturated heterocycles. The van der Waals surface area contributed by atoms with Gasteiger partial charge in [0.1, 0.15) is 17.1 Å². The standard InChI is InChI=1S/C13H13ClN4O3/c1-21-12-6-5-8(14)7-11(12)16-9-3-2-4-10(17-15)13(9)18(19)20/h2-7,16-17H,15H2,1H3. The highest BCUT2D eigenvalue weighted by Gasteiger charge is 2.20. The summed E-state index contributed by atoms with van der Waals surface area (Å²) in [5.41, 5.74) is 3.13. The monoisotopic (exact) mass is 308 g/mol. The first-order valence-corrected chi connectivity index (χ1v) is 6.29. The molecule has 0 aliphatic rings. The number of para-hydroxylation sites is 1. The number of ether oxygens (including phenoxy) is 1. The van der Waals surface area contributed by atoms with Gasteiger partial charge < -0.3 is 15.5 Å². The number of nitrogens with one attached hydrogen (secondary N) is 2. The van der Waals surface area contributed by atoms with E-state index in [1.54, 1.807) is 30.3 Å². The average Bonchev–Trinajstić information content (AvgIpc) is 2.47. The average molecular weight is 309 g/mol. The van der Waals surface area contributed by atoms with Crippen LogP contribution in [-0.4, -0.2) is 12.0 Å². The number of methoxy groups -OCH3 is 1. The van der Waals surface area contributed by atoms with Gasteiger partial charge in [0, 0.05) is 5.02 Å². The lowest BCUT2D eigenvalue weighted by molar-refractivity contribution is -0.383. The van der Waals surface area contributed by atoms with E-state index < -0.39 is 4.92 Å². The lowest BCUT2D eigenvalue weighted by Gasteiger charge is -2.13. The summed E-state index contributed by atoms with van der Waals surface area (Å²) in [5, 5.41) is 14.6. The molecule has 2 rings (SSSR count). The van der Waals surface area contributed by atoms with Gasteiger partial charge in [-0.25, -0.2) is 0 Å². The number of hydrogen-bond donors (Lipinski definition) is 3. The second-order valence-electron chi connectivity index (χ2n) is 4.07. The van der Waals surface area contributed by atoms with E-state index in [0.29, 0.717) is 16.5 Å². The Morgan fingerprint density at radius 1 is 1.24 bits per heavy atom. The van der Waals surface area contributed by atoms with Crippen LogP contribution in [0, 0.1) is 10.1 Å². The number of hydrogen-bond acceptors (Lipinski definition) is 6. The normalized spacial score (nSPS) is 10.0. The van der Waals surface area contributed by atoms with E-state index in [0.717, 1.165) is 0 Å². The lowest BCUT2D eigenvalue weighted by atomic mass is 10.2. The number of nitrogens with two attached hydrogens (primary N) is 1. The Labute approximate surface area is 125 Å². The molecule has 110 valence electrons. The molecular formula is C13H13ClN4O3. The molecule has 0 bridgehead atoms. The van der Waals surface area contributed by atoms with Gasteiger partial charge in [0.05, 0.1) is 17.7 Å². The third-order valence-corrected chi connectivity index (χ3v) is 3.04. The van der Waals surface area contributed by atoms with E-state index >= 15 is 0 Å². The van der Waals surface area contributed by atoms with Gasteiger partial charge in [-0.15, -0.1) is 0 Å². The Kier molecular flexibility index (Phi) is 4.46. The molecule has 21 heavy (non-hydrogen) atoms. The SMILES string of the molecule is COc1ccc(Cl)cc1Nc1cccc(NN)c1[N+](=O)[O-]. The molecule has 0 aliphatic heterocycles. The van der Waals surface area contributed by atoms with Gasteiger partial charge in [-0.05, 0) is 30.3 Å². The first-order chi connectivity index (χ1) is 10.1. The van der Waals surface area contributed by atoms with Crippen molar-refractivity contribution >= 4 is 34.4 Å². The quantitative estimate of drug-likeness (QED) is 0.445. The van der Waals surface area contributed by atoms with Crippen molar-refractivity contribution in [1.29, 1.82) is 0 Å². The molecule has 0 saturated carbocycles. The van der Waals surface area contributed by atoms with Crippen molar-refractivity contribution in [3.8, 4) is 5.75 Å². The molecule has 2 aromatic rings. The number of nitro benzene ring substituents is 1. The fraction of sp³-hybridized carbons (Fsp3) is 0.0769. The molecule has 0 heterocycles. The van der Waals surface area contributed by atoms with E-state index in [1.807, 2.05) is 0 Å². The minimum atomic E-state index is -0.519. The summed E-state index contributed by atoms with van der Waals surface area (Å²) >= 11 is 5.94. The topological polar surface area (TPSA) is 102 Å². The molecule has 0 fully saturated rings. The third-order valence-electron chi connectivity index (χ3n) is 2.80. The molecule has 2 aromatic carbocycles. The zero-order valence-corrected chi connectivity index (χ0v) is 11.8. The van der Waals surface area contributed by atoms with Gasteiger partial charge in [0.2, 0.25) is 0 Å². The molecule has 0 radical (unpaired) electrons. The summed E-state index contributed by atoms with van der Waals surface area (Å²) in [6, 6.07) is 9.67. The highest BCUT2D eigenvalue weighted by atomic mass is 35.5. The second kappa shape index (κ2) is 6.29. The van der Waals surface area contributed by atoms with E-state index in [-0.39, 0.29) is 17.1 Å². The predicted molar refractivity (Wildman–Crippen MR) is 82.2 cm³/mol. The predicted octanol–water partition coefficient (Wildman–Crippen LogP) is 3.29. The zero-order valence-electron chi connectivity index (χ0n) is 11.1. The molecule has 7 nitrogen and oxygen atoms in total. The fourth-order valence-electron chi connectivity index (χ4n) is 1.88. The van der Waals surface area contributed by atoms with Gasteiger partial charge in [0.25, 0.3) is 0 Å². The largest absolute Gasteiger partial charge is 0.495 e. The summed E-state index contributed by atoms with van der Waals surface area (Å²) < 4.78 is 5.20. The maximum absolute atomic E-state index is 11.2. The summed E-state index contributed by atoms with van der Waals surface area (Å²) in [5.74, 6) is 5.82. The number of benzene rings is 2. The first-order valence-electron chi connectivity index (χ1n) is 5.91. The number of nitro groups is 1. The zero-order chi connectivity index (χ0) is 15.4. The number of hydrazine groups is 1. The first kappa shape index (κ1) is 14.9. The van der Waals surface area contributed by atoms with Crippen LogP contribution in [0.2, 0.25) is 5.02 Å². The summed E-state index contributed by atoms with van der Waals surface area (Å²) in [4.78, 5) is 10.7. The fourth-order valence-corrected chi connectivity index (χ4v) is 2.05. The van der Waals surface area contributed by atoms with Crippen LogP contribution in [0.4, 0.5) is 22.7 Å². The van der Waals surface area contributed by atoms with Crippen LogP contribution in [0.1, 0.15) is 0 Å². The van der Waals surface area contributed by atoms with Crippen LogP contribution in [0.25, 0.3) is 0 Å². The van der Waals surface area contributed by atoms with Crippen LogP contribution in [0.15, 0.2) is 36.4 Å². The van der Waals surface area contributed by atoms with Crippen LogP contribution >= 0.6 is 11.6 Å². The van der Waals surface area contributed by atoms with Gasteiger partial charge in [-0.3, -0.25) is 16.0 Å². The van der Waals surface area contributed by atoms with Crippen molar-refractivity contribution in [1.82, 2.24) is 0 Å². The minimum Gasteiger partial charge on any atom is -0.495 e. The Hall–Kier alpha value is -2.51. The van der Waals surface area contributed by atoms with Crippen molar-refractivity contribution < 1.29 is 9.66 Å². The lowest BCUT2D eigenvalue weighted by Crippen LogP contribution is -2.10. The van der Waals surface area contributed by atoms with Crippen molar-refractivity contribution in [3.05, 3.63) is 51.5 Å². The maximum atomic E-state index is 11.2. The van der Waals surface area contributed by atoms with E-state index in [2.05, 4.69) is 10.7 Å². The Bertz CT molecular complexity index is 678. The Balaban J connectivity index is 2.49.